The maximum absolute atomic E-state index is 11.0. The van der Waals surface area contributed by atoms with Gasteiger partial charge < -0.3 is 5.11 Å². The van der Waals surface area contributed by atoms with E-state index in [1.54, 1.807) is 0 Å². The largest absolute Gasteiger partial charge is 0.476 e. The highest BCUT2D eigenvalue weighted by Crippen LogP contribution is 2.20. The Bertz CT molecular complexity index is 535. The molecule has 0 aliphatic heterocycles. The summed E-state index contributed by atoms with van der Waals surface area (Å²) in [5, 5.41) is 9.03. The number of carboxylic acid groups (broad SMARTS) is 1. The summed E-state index contributed by atoms with van der Waals surface area (Å²) < 4.78 is 0. The van der Waals surface area contributed by atoms with E-state index in [0.29, 0.717) is 5.69 Å². The SMILES string of the molecule is CCc1ccc(-c2nccnc2C(=O)O)cc1. The van der Waals surface area contributed by atoms with Gasteiger partial charge in [-0.3, -0.25) is 4.98 Å². The Morgan fingerprint density at radius 3 is 2.41 bits per heavy atom. The molecule has 0 aliphatic rings. The number of aromatic carboxylic acids is 1. The molecule has 0 saturated heterocycles. The van der Waals surface area contributed by atoms with Crippen molar-refractivity contribution in [1.29, 1.82) is 0 Å². The zero-order chi connectivity index (χ0) is 12.3. The Balaban J connectivity index is 2.48. The first-order valence-electron chi connectivity index (χ1n) is 5.36. The van der Waals surface area contributed by atoms with Crippen LogP contribution in [0.1, 0.15) is 23.0 Å². The predicted molar refractivity (Wildman–Crippen MR) is 63.8 cm³/mol. The van der Waals surface area contributed by atoms with Crippen LogP contribution in [-0.4, -0.2) is 21.0 Å². The average Bonchev–Trinajstić information content (AvgIpc) is 2.39. The van der Waals surface area contributed by atoms with Gasteiger partial charge in [-0.05, 0) is 12.0 Å². The quantitative estimate of drug-likeness (QED) is 0.876. The zero-order valence-electron chi connectivity index (χ0n) is 9.42. The third kappa shape index (κ3) is 2.30. The molecular formula is C13H12N2O2. The Kier molecular flexibility index (Phi) is 3.14. The van der Waals surface area contributed by atoms with Crippen LogP contribution in [0.2, 0.25) is 0 Å². The molecule has 1 N–H and O–H groups in total. The lowest BCUT2D eigenvalue weighted by Crippen LogP contribution is -2.04. The topological polar surface area (TPSA) is 63.1 Å². The van der Waals surface area contributed by atoms with Crippen LogP contribution in [0, 0.1) is 0 Å². The average molecular weight is 228 g/mol. The molecule has 86 valence electrons. The number of carbonyl (C=O) groups is 1. The smallest absolute Gasteiger partial charge is 0.356 e. The molecule has 0 fully saturated rings. The number of hydrogen-bond acceptors (Lipinski definition) is 3. The minimum Gasteiger partial charge on any atom is -0.476 e. The van der Waals surface area contributed by atoms with Gasteiger partial charge in [0.2, 0.25) is 0 Å². The third-order valence-corrected chi connectivity index (χ3v) is 2.54. The van der Waals surface area contributed by atoms with Gasteiger partial charge >= 0.3 is 5.97 Å². The number of nitrogens with zero attached hydrogens (tertiary/aromatic N) is 2. The predicted octanol–water partition coefficient (Wildman–Crippen LogP) is 2.40. The highest BCUT2D eigenvalue weighted by molar-refractivity contribution is 5.92. The van der Waals surface area contributed by atoms with E-state index in [4.69, 9.17) is 5.11 Å². The van der Waals surface area contributed by atoms with E-state index < -0.39 is 5.97 Å². The molecule has 0 radical (unpaired) electrons. The van der Waals surface area contributed by atoms with Crippen LogP contribution in [0.3, 0.4) is 0 Å². The van der Waals surface area contributed by atoms with Crippen molar-refractivity contribution in [2.45, 2.75) is 13.3 Å². The number of hydrogen-bond donors (Lipinski definition) is 1. The monoisotopic (exact) mass is 228 g/mol. The van der Waals surface area contributed by atoms with Gasteiger partial charge in [0.15, 0.2) is 5.69 Å². The van der Waals surface area contributed by atoms with Crippen LogP contribution >= 0.6 is 0 Å². The molecule has 0 amide bonds. The van der Waals surface area contributed by atoms with E-state index in [-0.39, 0.29) is 5.69 Å². The molecule has 1 heterocycles. The van der Waals surface area contributed by atoms with Gasteiger partial charge in [0.25, 0.3) is 0 Å². The minimum atomic E-state index is -1.06. The molecule has 17 heavy (non-hydrogen) atoms. The lowest BCUT2D eigenvalue weighted by molar-refractivity contribution is 0.0691. The second-order valence-electron chi connectivity index (χ2n) is 3.61. The normalized spacial score (nSPS) is 10.2. The fourth-order valence-corrected chi connectivity index (χ4v) is 1.60. The van der Waals surface area contributed by atoms with Crippen molar-refractivity contribution in [1.82, 2.24) is 9.97 Å². The van der Waals surface area contributed by atoms with Gasteiger partial charge in [0, 0.05) is 18.0 Å². The number of rotatable bonds is 3. The number of carboxylic acids is 1. The van der Waals surface area contributed by atoms with Crippen LogP contribution in [-0.2, 0) is 6.42 Å². The highest BCUT2D eigenvalue weighted by atomic mass is 16.4. The summed E-state index contributed by atoms with van der Waals surface area (Å²) in [6, 6.07) is 7.68. The van der Waals surface area contributed by atoms with Crippen molar-refractivity contribution in [2.75, 3.05) is 0 Å². The van der Waals surface area contributed by atoms with E-state index in [0.717, 1.165) is 12.0 Å². The lowest BCUT2D eigenvalue weighted by atomic mass is 10.1. The van der Waals surface area contributed by atoms with E-state index >= 15 is 0 Å². The van der Waals surface area contributed by atoms with E-state index in [2.05, 4.69) is 16.9 Å². The van der Waals surface area contributed by atoms with Crippen molar-refractivity contribution in [2.24, 2.45) is 0 Å². The zero-order valence-corrected chi connectivity index (χ0v) is 9.42. The molecule has 4 heteroatoms. The van der Waals surface area contributed by atoms with Crippen LogP contribution in [0.5, 0.6) is 0 Å². The highest BCUT2D eigenvalue weighted by Gasteiger charge is 2.13. The summed E-state index contributed by atoms with van der Waals surface area (Å²) in [6.07, 6.45) is 3.83. The first-order valence-corrected chi connectivity index (χ1v) is 5.36. The molecule has 0 aliphatic carbocycles. The Labute approximate surface area is 99.0 Å². The summed E-state index contributed by atoms with van der Waals surface area (Å²) in [4.78, 5) is 18.9. The molecule has 0 bridgehead atoms. The molecule has 0 spiro atoms. The molecule has 2 aromatic rings. The van der Waals surface area contributed by atoms with Gasteiger partial charge in [0.1, 0.15) is 5.69 Å². The Morgan fingerprint density at radius 2 is 1.82 bits per heavy atom. The number of benzene rings is 1. The first-order chi connectivity index (χ1) is 8.22. The van der Waals surface area contributed by atoms with Gasteiger partial charge in [-0.15, -0.1) is 0 Å². The van der Waals surface area contributed by atoms with Crippen molar-refractivity contribution in [3.05, 3.63) is 47.9 Å². The van der Waals surface area contributed by atoms with E-state index in [9.17, 15) is 4.79 Å². The van der Waals surface area contributed by atoms with Gasteiger partial charge in [-0.25, -0.2) is 9.78 Å². The number of aromatic nitrogens is 2. The lowest BCUT2D eigenvalue weighted by Gasteiger charge is -2.04. The summed E-state index contributed by atoms with van der Waals surface area (Å²) in [6.45, 7) is 2.07. The summed E-state index contributed by atoms with van der Waals surface area (Å²) in [5.74, 6) is -1.06. The molecule has 4 nitrogen and oxygen atoms in total. The number of aryl methyl sites for hydroxylation is 1. The summed E-state index contributed by atoms with van der Waals surface area (Å²) in [5.41, 5.74) is 2.36. The maximum Gasteiger partial charge on any atom is 0.356 e. The molecule has 1 aromatic heterocycles. The molecule has 0 saturated carbocycles. The van der Waals surface area contributed by atoms with Crippen molar-refractivity contribution >= 4 is 5.97 Å². The third-order valence-electron chi connectivity index (χ3n) is 2.54. The van der Waals surface area contributed by atoms with Crippen molar-refractivity contribution in [3.8, 4) is 11.3 Å². The molecular weight excluding hydrogens is 216 g/mol. The standard InChI is InChI=1S/C13H12N2O2/c1-2-9-3-5-10(6-4-9)11-12(13(16)17)15-8-7-14-11/h3-8H,2H2,1H3,(H,16,17). The first kappa shape index (κ1) is 11.3. The van der Waals surface area contributed by atoms with Crippen molar-refractivity contribution < 1.29 is 9.90 Å². The second kappa shape index (κ2) is 4.74. The van der Waals surface area contributed by atoms with Gasteiger partial charge in [-0.1, -0.05) is 31.2 Å². The van der Waals surface area contributed by atoms with Crippen LogP contribution in [0.4, 0.5) is 0 Å². The van der Waals surface area contributed by atoms with Crippen LogP contribution in [0.15, 0.2) is 36.7 Å². The maximum atomic E-state index is 11.0. The summed E-state index contributed by atoms with van der Waals surface area (Å²) >= 11 is 0. The fourth-order valence-electron chi connectivity index (χ4n) is 1.60. The molecule has 2 rings (SSSR count). The van der Waals surface area contributed by atoms with Crippen molar-refractivity contribution in [3.63, 3.8) is 0 Å². The molecule has 0 unspecified atom stereocenters. The van der Waals surface area contributed by atoms with Gasteiger partial charge in [-0.2, -0.15) is 0 Å². The van der Waals surface area contributed by atoms with Crippen LogP contribution in [0.25, 0.3) is 11.3 Å². The van der Waals surface area contributed by atoms with E-state index in [1.807, 2.05) is 24.3 Å². The van der Waals surface area contributed by atoms with Gasteiger partial charge in [0.05, 0.1) is 0 Å². The Hall–Kier alpha value is -2.23. The fraction of sp³-hybridized carbons (Fsp3) is 0.154. The Morgan fingerprint density at radius 1 is 1.18 bits per heavy atom. The van der Waals surface area contributed by atoms with Crippen LogP contribution < -0.4 is 0 Å². The minimum absolute atomic E-state index is 0.0169. The van der Waals surface area contributed by atoms with E-state index in [1.165, 1.54) is 18.0 Å². The molecule has 0 atom stereocenters. The second-order valence-corrected chi connectivity index (χ2v) is 3.61. The summed E-state index contributed by atoms with van der Waals surface area (Å²) in [7, 11) is 0. The molecule has 1 aromatic carbocycles.